The Labute approximate surface area is 215 Å². The molecule has 0 saturated carbocycles. The normalized spacial score (nSPS) is 19.7. The monoisotopic (exact) mass is 512 g/mol. The Hall–Kier alpha value is -3.27. The van der Waals surface area contributed by atoms with Crippen LogP contribution in [0.3, 0.4) is 0 Å². The predicted molar refractivity (Wildman–Crippen MR) is 138 cm³/mol. The number of carbonyl (C=O) groups is 3. The number of ether oxygens (including phenoxy) is 2. The molecular formula is C26H32N4O5S. The summed E-state index contributed by atoms with van der Waals surface area (Å²) in [6.07, 6.45) is -0.136. The third kappa shape index (κ3) is 5.13. The van der Waals surface area contributed by atoms with Crippen molar-refractivity contribution in [2.24, 2.45) is 4.99 Å². The Morgan fingerprint density at radius 1 is 1.11 bits per heavy atom. The predicted octanol–water partition coefficient (Wildman–Crippen LogP) is 3.30. The van der Waals surface area contributed by atoms with Gasteiger partial charge in [-0.15, -0.1) is 0 Å². The fourth-order valence-electron chi connectivity index (χ4n) is 4.63. The molecule has 3 aliphatic rings. The first-order valence-electron chi connectivity index (χ1n) is 12.0. The number of methoxy groups -OCH3 is 1. The molecular weight excluding hydrogens is 480 g/mol. The van der Waals surface area contributed by atoms with E-state index in [1.807, 2.05) is 55.3 Å². The van der Waals surface area contributed by atoms with Crippen LogP contribution < -0.4 is 4.74 Å². The molecule has 3 aliphatic heterocycles. The first kappa shape index (κ1) is 25.8. The maximum Gasteiger partial charge on any atom is 0.338 e. The Kier molecular flexibility index (Phi) is 7.73. The lowest BCUT2D eigenvalue weighted by molar-refractivity contribution is -0.143. The number of aliphatic imine (C=N–C) groups is 1. The molecule has 3 heterocycles. The average Bonchev–Trinajstić information content (AvgIpc) is 3.24. The summed E-state index contributed by atoms with van der Waals surface area (Å²) in [5.41, 5.74) is 2.55. The summed E-state index contributed by atoms with van der Waals surface area (Å²) in [7, 11) is 1.60. The van der Waals surface area contributed by atoms with Gasteiger partial charge in [0, 0.05) is 44.4 Å². The van der Waals surface area contributed by atoms with Gasteiger partial charge in [-0.25, -0.2) is 9.79 Å². The summed E-state index contributed by atoms with van der Waals surface area (Å²) in [6.45, 7) is 9.04. The molecule has 2 amide bonds. The summed E-state index contributed by atoms with van der Waals surface area (Å²) in [5.74, 6) is 0.190. The number of esters is 1. The number of nitrogens with zero attached hydrogens (tertiary/aromatic N) is 4. The number of fused-ring (bicyclic) bond motifs is 1. The Balaban J connectivity index is 1.65. The molecule has 0 aliphatic carbocycles. The van der Waals surface area contributed by atoms with Crippen LogP contribution in [0.4, 0.5) is 0 Å². The number of hydrogen-bond acceptors (Lipinski definition) is 8. The molecule has 0 N–H and O–H groups in total. The second kappa shape index (κ2) is 10.8. The number of hydrogen-bond donors (Lipinski definition) is 0. The van der Waals surface area contributed by atoms with Crippen molar-refractivity contribution >= 4 is 34.7 Å². The zero-order chi connectivity index (χ0) is 26.0. The molecule has 1 atom stereocenters. The first-order chi connectivity index (χ1) is 17.2. The van der Waals surface area contributed by atoms with E-state index in [1.54, 1.807) is 23.8 Å². The standard InChI is InChI=1S/C26H32N4O5S/c1-16(2)35-25(33)23-17(3)27-26-30(24(23)20-8-6-7-9-21(20)34-5)19(15-36-26)14-22(32)29-12-10-28(11-13-29)18(4)31/h6-9,15-16,24H,10-14H2,1-5H3/t24-/m0/s1. The second-order valence-corrected chi connectivity index (χ2v) is 9.99. The molecule has 1 saturated heterocycles. The average molecular weight is 513 g/mol. The molecule has 0 unspecified atom stereocenters. The van der Waals surface area contributed by atoms with Gasteiger partial charge in [-0.2, -0.15) is 0 Å². The summed E-state index contributed by atoms with van der Waals surface area (Å²) >= 11 is 1.43. The highest BCUT2D eigenvalue weighted by Crippen LogP contribution is 2.47. The number of carbonyl (C=O) groups excluding carboxylic acids is 3. The Morgan fingerprint density at radius 2 is 1.78 bits per heavy atom. The molecule has 1 fully saturated rings. The zero-order valence-corrected chi connectivity index (χ0v) is 22.1. The van der Waals surface area contributed by atoms with E-state index in [0.717, 1.165) is 11.3 Å². The summed E-state index contributed by atoms with van der Waals surface area (Å²) < 4.78 is 11.3. The van der Waals surface area contributed by atoms with Crippen LogP contribution in [-0.2, 0) is 19.1 Å². The fourth-order valence-corrected chi connectivity index (χ4v) is 5.60. The first-order valence-corrected chi connectivity index (χ1v) is 12.9. The van der Waals surface area contributed by atoms with Crippen LogP contribution >= 0.6 is 11.8 Å². The van der Waals surface area contributed by atoms with Gasteiger partial charge in [0.2, 0.25) is 11.8 Å². The van der Waals surface area contributed by atoms with Gasteiger partial charge in [0.15, 0.2) is 5.17 Å². The Bertz CT molecular complexity index is 1150. The lowest BCUT2D eigenvalue weighted by atomic mass is 9.93. The number of allylic oxidation sites excluding steroid dienone is 1. The van der Waals surface area contributed by atoms with Crippen molar-refractivity contribution in [3.05, 3.63) is 52.2 Å². The third-order valence-corrected chi connectivity index (χ3v) is 7.30. The largest absolute Gasteiger partial charge is 0.496 e. The van der Waals surface area contributed by atoms with Crippen LogP contribution in [0.5, 0.6) is 5.75 Å². The van der Waals surface area contributed by atoms with Crippen molar-refractivity contribution in [2.45, 2.75) is 46.3 Å². The molecule has 36 heavy (non-hydrogen) atoms. The molecule has 10 heteroatoms. The smallest absolute Gasteiger partial charge is 0.338 e. The van der Waals surface area contributed by atoms with Crippen molar-refractivity contribution < 1.29 is 23.9 Å². The van der Waals surface area contributed by atoms with Gasteiger partial charge in [0.25, 0.3) is 0 Å². The van der Waals surface area contributed by atoms with E-state index in [1.165, 1.54) is 11.8 Å². The van der Waals surface area contributed by atoms with E-state index >= 15 is 0 Å². The number of thioether (sulfide) groups is 1. The van der Waals surface area contributed by atoms with Gasteiger partial charge in [-0.3, -0.25) is 9.59 Å². The van der Waals surface area contributed by atoms with Gasteiger partial charge < -0.3 is 24.2 Å². The van der Waals surface area contributed by atoms with E-state index in [0.29, 0.717) is 48.4 Å². The van der Waals surface area contributed by atoms with Crippen molar-refractivity contribution in [3.63, 3.8) is 0 Å². The topological polar surface area (TPSA) is 91.7 Å². The number of para-hydroxylation sites is 1. The molecule has 1 aromatic carbocycles. The number of amidine groups is 1. The third-order valence-electron chi connectivity index (χ3n) is 6.41. The van der Waals surface area contributed by atoms with Crippen molar-refractivity contribution in [2.75, 3.05) is 33.3 Å². The highest BCUT2D eigenvalue weighted by atomic mass is 32.2. The minimum atomic E-state index is -0.552. The van der Waals surface area contributed by atoms with E-state index < -0.39 is 12.0 Å². The highest BCUT2D eigenvalue weighted by Gasteiger charge is 2.42. The van der Waals surface area contributed by atoms with E-state index in [4.69, 9.17) is 14.5 Å². The molecule has 0 spiro atoms. The SMILES string of the molecule is COc1ccccc1[C@H]1C(C(=O)OC(C)C)=C(C)N=C2SC=C(CC(=O)N3CCN(C(C)=O)CC3)N21. The van der Waals surface area contributed by atoms with Crippen molar-refractivity contribution in [1.29, 1.82) is 0 Å². The zero-order valence-electron chi connectivity index (χ0n) is 21.3. The number of benzene rings is 1. The maximum atomic E-state index is 13.3. The summed E-state index contributed by atoms with van der Waals surface area (Å²) in [5, 5.41) is 2.63. The van der Waals surface area contributed by atoms with Crippen LogP contribution in [0.15, 0.2) is 51.6 Å². The molecule has 0 bridgehead atoms. The van der Waals surface area contributed by atoms with Gasteiger partial charge in [-0.05, 0) is 32.2 Å². The van der Waals surface area contributed by atoms with E-state index in [9.17, 15) is 14.4 Å². The number of piperazine rings is 1. The molecule has 1 aromatic rings. The van der Waals surface area contributed by atoms with Crippen LogP contribution in [0.1, 0.15) is 45.7 Å². The lowest BCUT2D eigenvalue weighted by Gasteiger charge is -2.38. The number of amides is 2. The van der Waals surface area contributed by atoms with E-state index in [2.05, 4.69) is 0 Å². The van der Waals surface area contributed by atoms with Gasteiger partial charge in [0.1, 0.15) is 5.75 Å². The van der Waals surface area contributed by atoms with E-state index in [-0.39, 0.29) is 24.3 Å². The van der Waals surface area contributed by atoms with Crippen LogP contribution in [0.25, 0.3) is 0 Å². The van der Waals surface area contributed by atoms with Crippen LogP contribution in [0, 0.1) is 0 Å². The van der Waals surface area contributed by atoms with Crippen molar-refractivity contribution in [3.8, 4) is 5.75 Å². The highest BCUT2D eigenvalue weighted by molar-refractivity contribution is 8.16. The molecule has 192 valence electrons. The Morgan fingerprint density at radius 3 is 2.42 bits per heavy atom. The van der Waals surface area contributed by atoms with Crippen molar-refractivity contribution in [1.82, 2.24) is 14.7 Å². The van der Waals surface area contributed by atoms with Gasteiger partial charge >= 0.3 is 5.97 Å². The molecule has 4 rings (SSSR count). The van der Waals surface area contributed by atoms with Gasteiger partial charge in [-0.1, -0.05) is 30.0 Å². The molecule has 9 nitrogen and oxygen atoms in total. The second-order valence-electron chi connectivity index (χ2n) is 9.15. The van der Waals surface area contributed by atoms with Gasteiger partial charge in [0.05, 0.1) is 36.9 Å². The minimum Gasteiger partial charge on any atom is -0.496 e. The minimum absolute atomic E-state index is 0.0220. The fraction of sp³-hybridized carbons (Fsp3) is 0.462. The summed E-state index contributed by atoms with van der Waals surface area (Å²) in [4.78, 5) is 48.4. The molecule has 0 aromatic heterocycles. The maximum absolute atomic E-state index is 13.3. The summed E-state index contributed by atoms with van der Waals surface area (Å²) in [6, 6.07) is 7.00. The quantitative estimate of drug-likeness (QED) is 0.540. The molecule has 0 radical (unpaired) electrons. The van der Waals surface area contributed by atoms with Crippen LogP contribution in [-0.4, -0.2) is 77.0 Å². The van der Waals surface area contributed by atoms with Crippen LogP contribution in [0.2, 0.25) is 0 Å². The lowest BCUT2D eigenvalue weighted by Crippen LogP contribution is -2.50. The number of rotatable bonds is 6.